The highest BCUT2D eigenvalue weighted by molar-refractivity contribution is 9.10. The number of hydrogen-bond donors (Lipinski definition) is 1. The average molecular weight is 287 g/mol. The van der Waals surface area contributed by atoms with Gasteiger partial charge in [0.1, 0.15) is 11.9 Å². The minimum Gasteiger partial charge on any atom is -0.383 e. The van der Waals surface area contributed by atoms with Gasteiger partial charge in [-0.25, -0.2) is 4.39 Å². The Bertz CT molecular complexity index is 469. The third-order valence-electron chi connectivity index (χ3n) is 2.14. The minimum atomic E-state index is -0.910. The van der Waals surface area contributed by atoms with Gasteiger partial charge in [0.2, 0.25) is 0 Å². The molecule has 0 saturated heterocycles. The molecule has 1 N–H and O–H groups in total. The summed E-state index contributed by atoms with van der Waals surface area (Å²) in [7, 11) is 0. The summed E-state index contributed by atoms with van der Waals surface area (Å²) in [5, 5.41) is 13.6. The topological polar surface area (TPSA) is 20.2 Å². The van der Waals surface area contributed by atoms with Gasteiger partial charge in [0.25, 0.3) is 0 Å². The summed E-state index contributed by atoms with van der Waals surface area (Å²) < 4.78 is 14.2. The van der Waals surface area contributed by atoms with Crippen LogP contribution in [0.15, 0.2) is 39.5 Å². The molecule has 78 valence electrons. The molecule has 1 heterocycles. The van der Waals surface area contributed by atoms with E-state index in [2.05, 4.69) is 15.9 Å². The fourth-order valence-electron chi connectivity index (χ4n) is 1.35. The number of thiophene rings is 1. The summed E-state index contributed by atoms with van der Waals surface area (Å²) in [5.41, 5.74) is 1.00. The zero-order valence-electron chi connectivity index (χ0n) is 7.65. The van der Waals surface area contributed by atoms with Crippen LogP contribution in [0.25, 0.3) is 0 Å². The molecule has 0 aliphatic heterocycles. The average Bonchev–Trinajstić information content (AvgIpc) is 2.64. The van der Waals surface area contributed by atoms with Gasteiger partial charge in [-0.15, -0.1) is 0 Å². The Labute approximate surface area is 99.3 Å². The summed E-state index contributed by atoms with van der Waals surface area (Å²) in [6, 6.07) is 6.25. The van der Waals surface area contributed by atoms with Crippen LogP contribution in [0.2, 0.25) is 0 Å². The van der Waals surface area contributed by atoms with Crippen LogP contribution in [-0.2, 0) is 0 Å². The summed E-state index contributed by atoms with van der Waals surface area (Å²) in [6.45, 7) is 0. The monoisotopic (exact) mass is 286 g/mol. The lowest BCUT2D eigenvalue weighted by atomic mass is 10.0. The van der Waals surface area contributed by atoms with Crippen molar-refractivity contribution in [1.29, 1.82) is 0 Å². The van der Waals surface area contributed by atoms with Gasteiger partial charge in [0, 0.05) is 21.0 Å². The maximum Gasteiger partial charge on any atom is 0.129 e. The Balaban J connectivity index is 2.41. The Kier molecular flexibility index (Phi) is 3.19. The lowest BCUT2D eigenvalue weighted by molar-refractivity contribution is 0.214. The predicted octanol–water partition coefficient (Wildman–Crippen LogP) is 3.73. The first-order valence-electron chi connectivity index (χ1n) is 4.34. The van der Waals surface area contributed by atoms with Crippen molar-refractivity contribution < 1.29 is 9.50 Å². The summed E-state index contributed by atoms with van der Waals surface area (Å²) >= 11 is 4.78. The highest BCUT2D eigenvalue weighted by atomic mass is 79.9. The molecular formula is C11H8BrFOS. The highest BCUT2D eigenvalue weighted by Gasteiger charge is 2.17. The molecule has 2 aromatic rings. The molecule has 0 bridgehead atoms. The Hall–Kier alpha value is -0.710. The van der Waals surface area contributed by atoms with Gasteiger partial charge in [-0.05, 0) is 27.4 Å². The van der Waals surface area contributed by atoms with E-state index in [0.29, 0.717) is 11.1 Å². The lowest BCUT2D eigenvalue weighted by Gasteiger charge is -2.10. The van der Waals surface area contributed by atoms with Gasteiger partial charge >= 0.3 is 0 Å². The van der Waals surface area contributed by atoms with Crippen LogP contribution in [-0.4, -0.2) is 5.11 Å². The first kappa shape index (κ1) is 10.8. The van der Waals surface area contributed by atoms with Gasteiger partial charge in [-0.3, -0.25) is 0 Å². The van der Waals surface area contributed by atoms with Crippen LogP contribution in [0.1, 0.15) is 17.2 Å². The van der Waals surface area contributed by atoms with E-state index < -0.39 is 6.10 Å². The fraction of sp³-hybridized carbons (Fsp3) is 0.0909. The minimum absolute atomic E-state index is 0.302. The number of hydrogen-bond acceptors (Lipinski definition) is 2. The smallest absolute Gasteiger partial charge is 0.129 e. The quantitative estimate of drug-likeness (QED) is 0.892. The number of aliphatic hydroxyl groups excluding tert-OH is 1. The van der Waals surface area contributed by atoms with Crippen LogP contribution in [0, 0.1) is 5.82 Å². The maximum atomic E-state index is 13.4. The van der Waals surface area contributed by atoms with E-state index in [9.17, 15) is 9.50 Å². The molecule has 0 aliphatic carbocycles. The molecule has 1 unspecified atom stereocenters. The Morgan fingerprint density at radius 3 is 2.53 bits per heavy atom. The number of halogens is 2. The number of rotatable bonds is 2. The molecule has 1 aromatic carbocycles. The van der Waals surface area contributed by atoms with E-state index >= 15 is 0 Å². The second kappa shape index (κ2) is 4.43. The van der Waals surface area contributed by atoms with E-state index in [-0.39, 0.29) is 5.82 Å². The largest absolute Gasteiger partial charge is 0.383 e. The van der Waals surface area contributed by atoms with E-state index in [0.717, 1.165) is 4.47 Å². The van der Waals surface area contributed by atoms with E-state index in [1.54, 1.807) is 23.6 Å². The van der Waals surface area contributed by atoms with Crippen LogP contribution in [0.4, 0.5) is 4.39 Å². The third-order valence-corrected chi connectivity index (χ3v) is 3.89. The van der Waals surface area contributed by atoms with Crippen molar-refractivity contribution in [3.63, 3.8) is 0 Å². The Morgan fingerprint density at radius 1 is 1.20 bits per heavy atom. The van der Waals surface area contributed by atoms with E-state index in [1.165, 1.54) is 17.4 Å². The standard InChI is InChI=1S/C11H8BrFOS/c12-9-6-15-5-8(9)11(14)7-3-1-2-4-10(7)13/h1-6,11,14H. The van der Waals surface area contributed by atoms with Crippen molar-refractivity contribution in [2.24, 2.45) is 0 Å². The Morgan fingerprint density at radius 2 is 1.93 bits per heavy atom. The van der Waals surface area contributed by atoms with Crippen LogP contribution in [0.5, 0.6) is 0 Å². The molecule has 0 amide bonds. The van der Waals surface area contributed by atoms with Crippen LogP contribution in [0.3, 0.4) is 0 Å². The molecule has 0 spiro atoms. The van der Waals surface area contributed by atoms with Crippen LogP contribution < -0.4 is 0 Å². The van der Waals surface area contributed by atoms with Crippen molar-refractivity contribution in [2.45, 2.75) is 6.10 Å². The zero-order valence-corrected chi connectivity index (χ0v) is 10.1. The summed E-state index contributed by atoms with van der Waals surface area (Å²) in [5.74, 6) is -0.386. The molecule has 1 nitrogen and oxygen atoms in total. The predicted molar refractivity (Wildman–Crippen MR) is 62.5 cm³/mol. The zero-order chi connectivity index (χ0) is 10.8. The summed E-state index contributed by atoms with van der Waals surface area (Å²) in [4.78, 5) is 0. The number of aliphatic hydroxyl groups is 1. The van der Waals surface area contributed by atoms with Gasteiger partial charge in [-0.1, -0.05) is 18.2 Å². The van der Waals surface area contributed by atoms with Gasteiger partial charge in [0.05, 0.1) is 0 Å². The first-order chi connectivity index (χ1) is 7.20. The molecule has 1 atom stereocenters. The molecule has 0 fully saturated rings. The summed E-state index contributed by atoms with van der Waals surface area (Å²) in [6.07, 6.45) is -0.910. The molecule has 0 aliphatic rings. The van der Waals surface area contributed by atoms with Crippen molar-refractivity contribution in [3.8, 4) is 0 Å². The highest BCUT2D eigenvalue weighted by Crippen LogP contribution is 2.32. The van der Waals surface area contributed by atoms with E-state index in [1.807, 2.05) is 5.38 Å². The SMILES string of the molecule is OC(c1ccccc1F)c1cscc1Br. The van der Waals surface area contributed by atoms with Crippen molar-refractivity contribution in [1.82, 2.24) is 0 Å². The van der Waals surface area contributed by atoms with Crippen molar-refractivity contribution >= 4 is 27.3 Å². The van der Waals surface area contributed by atoms with E-state index in [4.69, 9.17) is 0 Å². The molecule has 2 rings (SSSR count). The van der Waals surface area contributed by atoms with Crippen molar-refractivity contribution in [2.75, 3.05) is 0 Å². The van der Waals surface area contributed by atoms with Crippen LogP contribution >= 0.6 is 27.3 Å². The fourth-order valence-corrected chi connectivity index (χ4v) is 2.88. The second-order valence-corrected chi connectivity index (χ2v) is 4.70. The third kappa shape index (κ3) is 2.12. The first-order valence-corrected chi connectivity index (χ1v) is 6.08. The molecule has 4 heteroatoms. The lowest BCUT2D eigenvalue weighted by Crippen LogP contribution is -2.01. The van der Waals surface area contributed by atoms with Gasteiger partial charge in [0.15, 0.2) is 0 Å². The molecular weight excluding hydrogens is 279 g/mol. The molecule has 0 saturated carbocycles. The second-order valence-electron chi connectivity index (χ2n) is 3.10. The normalized spacial score (nSPS) is 12.7. The number of benzene rings is 1. The van der Waals surface area contributed by atoms with Crippen molar-refractivity contribution in [3.05, 3.63) is 56.4 Å². The molecule has 15 heavy (non-hydrogen) atoms. The van der Waals surface area contributed by atoms with Gasteiger partial charge in [-0.2, -0.15) is 11.3 Å². The molecule has 1 aromatic heterocycles. The van der Waals surface area contributed by atoms with Gasteiger partial charge < -0.3 is 5.11 Å². The maximum absolute atomic E-state index is 13.4. The molecule has 0 radical (unpaired) electrons.